The van der Waals surface area contributed by atoms with Gasteiger partial charge in [0.15, 0.2) is 23.3 Å². The maximum atomic E-state index is 13.7. The number of carbonyl (C=O) groups is 2. The van der Waals surface area contributed by atoms with E-state index < -0.39 is 52.6 Å². The molecule has 0 aliphatic rings. The van der Waals surface area contributed by atoms with E-state index in [1.54, 1.807) is 20.8 Å². The van der Waals surface area contributed by atoms with Gasteiger partial charge in [-0.3, -0.25) is 4.79 Å². The Labute approximate surface area is 141 Å². The molecule has 0 saturated carbocycles. The zero-order chi connectivity index (χ0) is 19.3. The summed E-state index contributed by atoms with van der Waals surface area (Å²) in [5, 5.41) is 1.98. The topological polar surface area (TPSA) is 55.4 Å². The molecule has 4 nitrogen and oxygen atoms in total. The molecule has 0 aliphatic carbocycles. The summed E-state index contributed by atoms with van der Waals surface area (Å²) in [5.41, 5.74) is -1.64. The summed E-state index contributed by atoms with van der Waals surface area (Å²) in [6.07, 6.45) is 0.565. The summed E-state index contributed by atoms with van der Waals surface area (Å²) in [5.74, 6) is -13.9. The van der Waals surface area contributed by atoms with Gasteiger partial charge in [0.2, 0.25) is 5.82 Å². The van der Waals surface area contributed by atoms with Crippen LogP contribution in [0.4, 0.5) is 22.0 Å². The SMILES string of the molecule is CCCOC(=O)C(CC(C)C)NC(=O)c1c(F)c(F)c(F)c(F)c1F. The molecule has 9 heteroatoms. The van der Waals surface area contributed by atoms with Crippen molar-refractivity contribution in [2.75, 3.05) is 6.61 Å². The Balaban J connectivity index is 3.14. The lowest BCUT2D eigenvalue weighted by Gasteiger charge is -2.19. The molecule has 0 aliphatic heterocycles. The van der Waals surface area contributed by atoms with Crippen LogP contribution in [0, 0.1) is 35.0 Å². The van der Waals surface area contributed by atoms with Crippen LogP contribution in [0.15, 0.2) is 0 Å². The Morgan fingerprint density at radius 3 is 1.88 bits per heavy atom. The molecular weight excluding hydrogens is 349 g/mol. The highest BCUT2D eigenvalue weighted by atomic mass is 19.2. The van der Waals surface area contributed by atoms with Crippen LogP contribution in [0.1, 0.15) is 44.0 Å². The second-order valence-electron chi connectivity index (χ2n) is 5.77. The van der Waals surface area contributed by atoms with E-state index in [0.29, 0.717) is 6.42 Å². The first kappa shape index (κ1) is 20.9. The summed E-state index contributed by atoms with van der Waals surface area (Å²) in [4.78, 5) is 23.9. The highest BCUT2D eigenvalue weighted by Gasteiger charge is 2.32. The first-order valence-corrected chi connectivity index (χ1v) is 7.60. The lowest BCUT2D eigenvalue weighted by atomic mass is 10.0. The number of ether oxygens (including phenoxy) is 1. The number of hydrogen-bond acceptors (Lipinski definition) is 3. The Hall–Kier alpha value is -2.19. The molecule has 0 fully saturated rings. The molecule has 1 N–H and O–H groups in total. The van der Waals surface area contributed by atoms with E-state index in [4.69, 9.17) is 4.74 Å². The van der Waals surface area contributed by atoms with Crippen LogP contribution in [0.25, 0.3) is 0 Å². The van der Waals surface area contributed by atoms with Crippen LogP contribution < -0.4 is 5.32 Å². The largest absolute Gasteiger partial charge is 0.464 e. The number of esters is 1. The molecule has 0 aromatic heterocycles. The predicted octanol–water partition coefficient (Wildman–Crippen LogP) is 3.48. The van der Waals surface area contributed by atoms with Gasteiger partial charge in [0.1, 0.15) is 11.6 Å². The molecule has 1 aromatic carbocycles. The fourth-order valence-corrected chi connectivity index (χ4v) is 2.02. The van der Waals surface area contributed by atoms with Gasteiger partial charge < -0.3 is 10.1 Å². The van der Waals surface area contributed by atoms with Crippen LogP contribution in [-0.4, -0.2) is 24.5 Å². The Bertz CT molecular complexity index is 635. The molecule has 1 unspecified atom stereocenters. The maximum Gasteiger partial charge on any atom is 0.328 e. The molecule has 0 bridgehead atoms. The van der Waals surface area contributed by atoms with Crippen molar-refractivity contribution in [2.45, 2.75) is 39.7 Å². The van der Waals surface area contributed by atoms with Crippen molar-refractivity contribution in [3.05, 3.63) is 34.6 Å². The van der Waals surface area contributed by atoms with Crippen LogP contribution in [0.2, 0.25) is 0 Å². The van der Waals surface area contributed by atoms with E-state index in [0.717, 1.165) is 0 Å². The third kappa shape index (κ3) is 4.90. The number of nitrogens with one attached hydrogen (secondary N) is 1. The molecule has 1 aromatic rings. The highest BCUT2D eigenvalue weighted by molar-refractivity contribution is 5.97. The summed E-state index contributed by atoms with van der Waals surface area (Å²) in [6, 6.07) is -1.28. The number of rotatable bonds is 7. The minimum Gasteiger partial charge on any atom is -0.464 e. The van der Waals surface area contributed by atoms with Crippen molar-refractivity contribution in [1.29, 1.82) is 0 Å². The van der Waals surface area contributed by atoms with Gasteiger partial charge in [-0.05, 0) is 18.8 Å². The Morgan fingerprint density at radius 1 is 0.960 bits per heavy atom. The summed E-state index contributed by atoms with van der Waals surface area (Å²) >= 11 is 0. The van der Waals surface area contributed by atoms with E-state index in [1.165, 1.54) is 0 Å². The predicted molar refractivity (Wildman–Crippen MR) is 78.2 cm³/mol. The molecule has 25 heavy (non-hydrogen) atoms. The molecule has 1 atom stereocenters. The Morgan fingerprint density at radius 2 is 1.44 bits per heavy atom. The molecule has 1 amide bonds. The van der Waals surface area contributed by atoms with Gasteiger partial charge in [0.05, 0.1) is 6.61 Å². The van der Waals surface area contributed by atoms with Gasteiger partial charge in [0, 0.05) is 0 Å². The van der Waals surface area contributed by atoms with Crippen molar-refractivity contribution < 1.29 is 36.3 Å². The van der Waals surface area contributed by atoms with Crippen molar-refractivity contribution in [3.8, 4) is 0 Å². The Kier molecular flexibility index (Phi) is 7.32. The number of hydrogen-bond donors (Lipinski definition) is 1. The zero-order valence-electron chi connectivity index (χ0n) is 13.9. The molecule has 0 radical (unpaired) electrons. The third-order valence-corrected chi connectivity index (χ3v) is 3.18. The van der Waals surface area contributed by atoms with Gasteiger partial charge in [-0.1, -0.05) is 20.8 Å². The fourth-order valence-electron chi connectivity index (χ4n) is 2.02. The molecule has 1 rings (SSSR count). The normalized spacial score (nSPS) is 12.2. The van der Waals surface area contributed by atoms with Crippen LogP contribution in [-0.2, 0) is 9.53 Å². The maximum absolute atomic E-state index is 13.7. The average Bonchev–Trinajstić information content (AvgIpc) is 2.55. The minimum absolute atomic E-state index is 0.0592. The van der Waals surface area contributed by atoms with Gasteiger partial charge in [0.25, 0.3) is 5.91 Å². The molecular formula is C16H18F5NO3. The lowest BCUT2D eigenvalue weighted by molar-refractivity contribution is -0.146. The second kappa shape index (κ2) is 8.77. The van der Waals surface area contributed by atoms with Gasteiger partial charge in [-0.2, -0.15) is 0 Å². The van der Waals surface area contributed by atoms with E-state index >= 15 is 0 Å². The average molecular weight is 367 g/mol. The van der Waals surface area contributed by atoms with E-state index in [1.807, 2.05) is 5.32 Å². The number of amides is 1. The first-order valence-electron chi connectivity index (χ1n) is 7.60. The second-order valence-corrected chi connectivity index (χ2v) is 5.77. The third-order valence-electron chi connectivity index (χ3n) is 3.18. The van der Waals surface area contributed by atoms with Gasteiger partial charge in [-0.25, -0.2) is 26.7 Å². The van der Waals surface area contributed by atoms with Crippen molar-refractivity contribution >= 4 is 11.9 Å². The lowest BCUT2D eigenvalue weighted by Crippen LogP contribution is -2.43. The van der Waals surface area contributed by atoms with Crippen LogP contribution in [0.3, 0.4) is 0 Å². The minimum atomic E-state index is -2.37. The van der Waals surface area contributed by atoms with E-state index in [-0.39, 0.29) is 18.9 Å². The van der Waals surface area contributed by atoms with Gasteiger partial charge >= 0.3 is 5.97 Å². The summed E-state index contributed by atoms with van der Waals surface area (Å²) < 4.78 is 71.6. The monoisotopic (exact) mass is 367 g/mol. The summed E-state index contributed by atoms with van der Waals surface area (Å²) in [7, 11) is 0. The summed E-state index contributed by atoms with van der Waals surface area (Å²) in [6.45, 7) is 5.22. The molecule has 0 spiro atoms. The van der Waals surface area contributed by atoms with Crippen LogP contribution in [0.5, 0.6) is 0 Å². The van der Waals surface area contributed by atoms with E-state index in [9.17, 15) is 31.5 Å². The quantitative estimate of drug-likeness (QED) is 0.347. The van der Waals surface area contributed by atoms with Crippen molar-refractivity contribution in [2.24, 2.45) is 5.92 Å². The van der Waals surface area contributed by atoms with Gasteiger partial charge in [-0.15, -0.1) is 0 Å². The first-order chi connectivity index (χ1) is 11.6. The fraction of sp³-hybridized carbons (Fsp3) is 0.500. The highest BCUT2D eigenvalue weighted by Crippen LogP contribution is 2.23. The van der Waals surface area contributed by atoms with E-state index in [2.05, 4.69) is 0 Å². The van der Waals surface area contributed by atoms with Crippen LogP contribution >= 0.6 is 0 Å². The smallest absolute Gasteiger partial charge is 0.328 e. The zero-order valence-corrected chi connectivity index (χ0v) is 13.9. The number of benzene rings is 1. The number of carbonyl (C=O) groups excluding carboxylic acids is 2. The molecule has 0 heterocycles. The van der Waals surface area contributed by atoms with Crippen molar-refractivity contribution in [1.82, 2.24) is 5.32 Å². The molecule has 140 valence electrons. The van der Waals surface area contributed by atoms with Crippen molar-refractivity contribution in [3.63, 3.8) is 0 Å². The molecule has 0 saturated heterocycles. The standard InChI is InChI=1S/C16H18F5NO3/c1-4-5-25-16(24)8(6-7(2)3)22-15(23)9-10(17)12(19)14(21)13(20)11(9)18/h7-8H,4-6H2,1-3H3,(H,22,23). The number of halogens is 5.